The maximum Gasteiger partial charge on any atom is 0.274 e. The van der Waals surface area contributed by atoms with Crippen LogP contribution in [0.25, 0.3) is 0 Å². The first kappa shape index (κ1) is 19.0. The smallest absolute Gasteiger partial charge is 0.274 e. The number of aromatic nitrogens is 1. The van der Waals surface area contributed by atoms with Crippen LogP contribution in [0.2, 0.25) is 0 Å². The molecule has 0 aliphatic carbocycles. The van der Waals surface area contributed by atoms with Crippen molar-refractivity contribution >= 4 is 17.3 Å². The van der Waals surface area contributed by atoms with Crippen LogP contribution in [-0.4, -0.2) is 24.5 Å². The van der Waals surface area contributed by atoms with E-state index in [9.17, 15) is 4.79 Å². The molecule has 0 unspecified atom stereocenters. The summed E-state index contributed by atoms with van der Waals surface area (Å²) in [6.45, 7) is 9.65. The molecule has 1 heterocycles. The monoisotopic (exact) mass is 339 g/mol. The van der Waals surface area contributed by atoms with E-state index in [-0.39, 0.29) is 11.3 Å². The fourth-order valence-corrected chi connectivity index (χ4v) is 2.55. The molecule has 0 saturated heterocycles. The molecule has 1 N–H and O–H groups in total. The number of anilines is 2. The zero-order valence-corrected chi connectivity index (χ0v) is 16.0. The van der Waals surface area contributed by atoms with Crippen molar-refractivity contribution in [3.8, 4) is 0 Å². The highest BCUT2D eigenvalue weighted by molar-refractivity contribution is 6.03. The summed E-state index contributed by atoms with van der Waals surface area (Å²) >= 11 is 0. The van der Waals surface area contributed by atoms with Gasteiger partial charge in [-0.25, -0.2) is 0 Å². The summed E-state index contributed by atoms with van der Waals surface area (Å²) in [5.74, 6) is -0.186. The number of rotatable bonds is 6. The van der Waals surface area contributed by atoms with E-state index in [4.69, 9.17) is 0 Å². The molecule has 25 heavy (non-hydrogen) atoms. The standard InChI is InChI=1S/C21H29N3O/c1-6-7-14-24(5)18-12-13-22-19(15-18)20(25)23-17-10-8-16(9-11-17)21(2,3)4/h8-13,15H,6-7,14H2,1-5H3,(H,23,25). The fourth-order valence-electron chi connectivity index (χ4n) is 2.55. The van der Waals surface area contributed by atoms with E-state index >= 15 is 0 Å². The van der Waals surface area contributed by atoms with Crippen LogP contribution in [0.1, 0.15) is 56.6 Å². The number of benzene rings is 1. The highest BCUT2D eigenvalue weighted by Gasteiger charge is 2.14. The van der Waals surface area contributed by atoms with Crippen LogP contribution in [0, 0.1) is 0 Å². The lowest BCUT2D eigenvalue weighted by atomic mass is 9.87. The van der Waals surface area contributed by atoms with E-state index in [1.54, 1.807) is 6.20 Å². The van der Waals surface area contributed by atoms with Crippen molar-refractivity contribution in [1.82, 2.24) is 4.98 Å². The largest absolute Gasteiger partial charge is 0.374 e. The van der Waals surface area contributed by atoms with Gasteiger partial charge in [0.25, 0.3) is 5.91 Å². The second-order valence-corrected chi connectivity index (χ2v) is 7.46. The average Bonchev–Trinajstić information content (AvgIpc) is 2.59. The van der Waals surface area contributed by atoms with Gasteiger partial charge in [0.15, 0.2) is 0 Å². The second-order valence-electron chi connectivity index (χ2n) is 7.46. The van der Waals surface area contributed by atoms with E-state index in [2.05, 4.69) is 55.0 Å². The van der Waals surface area contributed by atoms with Gasteiger partial charge in [-0.3, -0.25) is 9.78 Å². The topological polar surface area (TPSA) is 45.2 Å². The van der Waals surface area contributed by atoms with Crippen molar-refractivity contribution in [1.29, 1.82) is 0 Å². The third-order valence-electron chi connectivity index (χ3n) is 4.27. The Morgan fingerprint density at radius 1 is 1.16 bits per heavy atom. The van der Waals surface area contributed by atoms with Gasteiger partial charge in [0.05, 0.1) is 0 Å². The number of nitrogens with one attached hydrogen (secondary N) is 1. The maximum atomic E-state index is 12.5. The molecule has 0 aliphatic heterocycles. The second kappa shape index (κ2) is 8.15. The summed E-state index contributed by atoms with van der Waals surface area (Å²) < 4.78 is 0. The summed E-state index contributed by atoms with van der Waals surface area (Å²) in [6.07, 6.45) is 3.96. The molecular formula is C21H29N3O. The molecule has 4 nitrogen and oxygen atoms in total. The van der Waals surface area contributed by atoms with Crippen molar-refractivity contribution in [3.63, 3.8) is 0 Å². The van der Waals surface area contributed by atoms with Crippen LogP contribution in [0.15, 0.2) is 42.6 Å². The lowest BCUT2D eigenvalue weighted by Crippen LogP contribution is -2.20. The number of nitrogens with zero attached hydrogens (tertiary/aromatic N) is 2. The summed E-state index contributed by atoms with van der Waals surface area (Å²) in [4.78, 5) is 18.9. The predicted molar refractivity (Wildman–Crippen MR) is 106 cm³/mol. The van der Waals surface area contributed by atoms with Gasteiger partial charge in [-0.15, -0.1) is 0 Å². The quantitative estimate of drug-likeness (QED) is 0.817. The third-order valence-corrected chi connectivity index (χ3v) is 4.27. The summed E-state index contributed by atoms with van der Waals surface area (Å²) in [6, 6.07) is 11.8. The van der Waals surface area contributed by atoms with Gasteiger partial charge in [0.2, 0.25) is 0 Å². The average molecular weight is 339 g/mol. The van der Waals surface area contributed by atoms with Crippen LogP contribution in [0.3, 0.4) is 0 Å². The Kier molecular flexibility index (Phi) is 6.18. The molecular weight excluding hydrogens is 310 g/mol. The SMILES string of the molecule is CCCCN(C)c1ccnc(C(=O)Nc2ccc(C(C)(C)C)cc2)c1. The van der Waals surface area contributed by atoms with Gasteiger partial charge in [-0.2, -0.15) is 0 Å². The molecule has 0 aliphatic rings. The molecule has 1 amide bonds. The molecule has 0 saturated carbocycles. The zero-order chi connectivity index (χ0) is 18.4. The number of hydrogen-bond donors (Lipinski definition) is 1. The Morgan fingerprint density at radius 2 is 1.84 bits per heavy atom. The molecule has 0 atom stereocenters. The Labute approximate surface area is 151 Å². The molecule has 1 aromatic heterocycles. The van der Waals surface area contributed by atoms with E-state index in [0.717, 1.165) is 30.8 Å². The minimum absolute atomic E-state index is 0.0987. The van der Waals surface area contributed by atoms with E-state index in [1.807, 2.05) is 31.3 Å². The van der Waals surface area contributed by atoms with Gasteiger partial charge in [0, 0.05) is 31.2 Å². The molecule has 0 spiro atoms. The molecule has 2 rings (SSSR count). The first-order valence-corrected chi connectivity index (χ1v) is 8.90. The number of hydrogen-bond acceptors (Lipinski definition) is 3. The van der Waals surface area contributed by atoms with Gasteiger partial charge in [0.1, 0.15) is 5.69 Å². The Balaban J connectivity index is 2.08. The van der Waals surface area contributed by atoms with Crippen LogP contribution in [-0.2, 0) is 5.41 Å². The zero-order valence-electron chi connectivity index (χ0n) is 16.0. The Morgan fingerprint density at radius 3 is 2.44 bits per heavy atom. The summed E-state index contributed by atoms with van der Waals surface area (Å²) in [7, 11) is 2.04. The van der Waals surface area contributed by atoms with Crippen LogP contribution in [0.5, 0.6) is 0 Å². The van der Waals surface area contributed by atoms with Crippen molar-refractivity contribution in [2.24, 2.45) is 0 Å². The van der Waals surface area contributed by atoms with Gasteiger partial charge in [-0.1, -0.05) is 46.2 Å². The highest BCUT2D eigenvalue weighted by atomic mass is 16.1. The Bertz CT molecular complexity index is 702. The fraction of sp³-hybridized carbons (Fsp3) is 0.429. The van der Waals surface area contributed by atoms with Crippen LogP contribution >= 0.6 is 0 Å². The van der Waals surface area contributed by atoms with Crippen LogP contribution < -0.4 is 10.2 Å². The van der Waals surface area contributed by atoms with Gasteiger partial charge < -0.3 is 10.2 Å². The summed E-state index contributed by atoms with van der Waals surface area (Å²) in [5.41, 5.74) is 3.56. The first-order valence-electron chi connectivity index (χ1n) is 8.90. The molecule has 0 radical (unpaired) electrons. The molecule has 0 fully saturated rings. The molecule has 1 aromatic carbocycles. The lowest BCUT2D eigenvalue weighted by Gasteiger charge is -2.20. The number of unbranched alkanes of at least 4 members (excludes halogenated alkanes) is 1. The molecule has 2 aromatic rings. The molecule has 134 valence electrons. The maximum absolute atomic E-state index is 12.5. The van der Waals surface area contributed by atoms with E-state index in [0.29, 0.717) is 5.69 Å². The van der Waals surface area contributed by atoms with Crippen molar-refractivity contribution in [2.45, 2.75) is 46.0 Å². The first-order chi connectivity index (χ1) is 11.8. The number of carbonyl (C=O) groups excluding carboxylic acids is 1. The number of carbonyl (C=O) groups is 1. The van der Waals surface area contributed by atoms with Crippen LogP contribution in [0.4, 0.5) is 11.4 Å². The minimum Gasteiger partial charge on any atom is -0.374 e. The number of amides is 1. The third kappa shape index (κ3) is 5.31. The number of pyridine rings is 1. The van der Waals surface area contributed by atoms with Crippen molar-refractivity contribution in [2.75, 3.05) is 23.8 Å². The normalized spacial score (nSPS) is 11.2. The molecule has 0 bridgehead atoms. The van der Waals surface area contributed by atoms with Gasteiger partial charge in [-0.05, 0) is 41.7 Å². The van der Waals surface area contributed by atoms with Crippen molar-refractivity contribution < 1.29 is 4.79 Å². The lowest BCUT2D eigenvalue weighted by molar-refractivity contribution is 0.102. The van der Waals surface area contributed by atoms with Gasteiger partial charge >= 0.3 is 0 Å². The van der Waals surface area contributed by atoms with E-state index < -0.39 is 0 Å². The Hall–Kier alpha value is -2.36. The van der Waals surface area contributed by atoms with E-state index in [1.165, 1.54) is 5.56 Å². The summed E-state index contributed by atoms with van der Waals surface area (Å²) in [5, 5.41) is 2.93. The predicted octanol–water partition coefficient (Wildman–Crippen LogP) is 4.87. The highest BCUT2D eigenvalue weighted by Crippen LogP contribution is 2.23. The molecule has 4 heteroatoms. The van der Waals surface area contributed by atoms with Crippen molar-refractivity contribution in [3.05, 3.63) is 53.9 Å². The minimum atomic E-state index is -0.186.